The minimum absolute atomic E-state index is 0.0565. The molecule has 0 atom stereocenters. The van der Waals surface area contributed by atoms with Crippen molar-refractivity contribution in [2.24, 2.45) is 0 Å². The van der Waals surface area contributed by atoms with Crippen LogP contribution in [0.2, 0.25) is 0 Å². The summed E-state index contributed by atoms with van der Waals surface area (Å²) < 4.78 is 12.5. The van der Waals surface area contributed by atoms with Gasteiger partial charge >= 0.3 is 6.01 Å². The van der Waals surface area contributed by atoms with Gasteiger partial charge in [-0.15, -0.1) is 0 Å². The maximum atomic E-state index is 5.71. The molecule has 0 spiro atoms. The van der Waals surface area contributed by atoms with Crippen LogP contribution < -0.4 is 10.5 Å². The Bertz CT molecular complexity index is 538. The van der Waals surface area contributed by atoms with Gasteiger partial charge in [0.1, 0.15) is 6.10 Å². The molecule has 8 heteroatoms. The minimum atomic E-state index is 0.0565. The lowest BCUT2D eigenvalue weighted by atomic mass is 10.2. The molecule has 1 fully saturated rings. The predicted molar refractivity (Wildman–Crippen MR) is 65.8 cm³/mol. The summed E-state index contributed by atoms with van der Waals surface area (Å²) in [4.78, 5) is 12.2. The first-order valence-corrected chi connectivity index (χ1v) is 6.07. The molecule has 100 valence electrons. The van der Waals surface area contributed by atoms with E-state index in [2.05, 4.69) is 20.1 Å². The Morgan fingerprint density at radius 2 is 2.11 bits per heavy atom. The van der Waals surface area contributed by atoms with Crippen molar-refractivity contribution in [1.82, 2.24) is 24.7 Å². The fourth-order valence-corrected chi connectivity index (χ4v) is 1.85. The van der Waals surface area contributed by atoms with Crippen LogP contribution in [0.3, 0.4) is 0 Å². The van der Waals surface area contributed by atoms with Crippen LogP contribution in [-0.4, -0.2) is 44.1 Å². The number of nitrogen functional groups attached to an aromatic ring is 1. The molecule has 0 radical (unpaired) electrons. The standard InChI is InChI=1S/C11H14N6O2/c12-9-14-10(17-5-1-4-13-17)16-11(15-9)19-8-2-6-18-7-3-8/h1,4-5,8H,2-3,6-7H2,(H2,12,14,15,16). The zero-order valence-corrected chi connectivity index (χ0v) is 10.3. The third kappa shape index (κ3) is 2.79. The zero-order chi connectivity index (χ0) is 13.1. The third-order valence-corrected chi connectivity index (χ3v) is 2.77. The molecule has 0 bridgehead atoms. The largest absolute Gasteiger partial charge is 0.460 e. The summed E-state index contributed by atoms with van der Waals surface area (Å²) in [6, 6.07) is 2.00. The van der Waals surface area contributed by atoms with E-state index >= 15 is 0 Å². The van der Waals surface area contributed by atoms with Crippen LogP contribution in [0.25, 0.3) is 5.95 Å². The maximum Gasteiger partial charge on any atom is 0.323 e. The third-order valence-electron chi connectivity index (χ3n) is 2.77. The number of aromatic nitrogens is 5. The van der Waals surface area contributed by atoms with Crippen molar-refractivity contribution in [3.05, 3.63) is 18.5 Å². The first kappa shape index (κ1) is 11.8. The molecule has 2 N–H and O–H groups in total. The average molecular weight is 262 g/mol. The smallest absolute Gasteiger partial charge is 0.323 e. The maximum absolute atomic E-state index is 5.71. The van der Waals surface area contributed by atoms with Crippen molar-refractivity contribution in [3.8, 4) is 12.0 Å². The SMILES string of the molecule is Nc1nc(OC2CCOCC2)nc(-n2cccn2)n1. The molecule has 0 aromatic carbocycles. The van der Waals surface area contributed by atoms with Gasteiger partial charge in [0, 0.05) is 25.2 Å². The summed E-state index contributed by atoms with van der Waals surface area (Å²) in [6.07, 6.45) is 5.07. The van der Waals surface area contributed by atoms with Gasteiger partial charge in [-0.2, -0.15) is 20.1 Å². The van der Waals surface area contributed by atoms with Gasteiger partial charge in [-0.3, -0.25) is 0 Å². The van der Waals surface area contributed by atoms with Crippen LogP contribution in [0.15, 0.2) is 18.5 Å². The summed E-state index contributed by atoms with van der Waals surface area (Å²) in [5.74, 6) is 0.460. The number of nitrogens with zero attached hydrogens (tertiary/aromatic N) is 5. The highest BCUT2D eigenvalue weighted by atomic mass is 16.5. The lowest BCUT2D eigenvalue weighted by Gasteiger charge is -2.22. The van der Waals surface area contributed by atoms with Gasteiger partial charge in [0.2, 0.25) is 5.95 Å². The monoisotopic (exact) mass is 262 g/mol. The van der Waals surface area contributed by atoms with Crippen molar-refractivity contribution >= 4 is 5.95 Å². The normalized spacial score (nSPS) is 16.4. The van der Waals surface area contributed by atoms with Crippen LogP contribution >= 0.6 is 0 Å². The lowest BCUT2D eigenvalue weighted by Crippen LogP contribution is -2.27. The van der Waals surface area contributed by atoms with E-state index in [1.807, 2.05) is 0 Å². The minimum Gasteiger partial charge on any atom is -0.460 e. The van der Waals surface area contributed by atoms with Crippen LogP contribution in [0, 0.1) is 0 Å². The van der Waals surface area contributed by atoms with E-state index in [1.54, 1.807) is 18.5 Å². The Balaban J connectivity index is 1.81. The Labute approximate surface area is 109 Å². The van der Waals surface area contributed by atoms with Gasteiger partial charge in [0.25, 0.3) is 5.95 Å². The zero-order valence-electron chi connectivity index (χ0n) is 10.3. The number of rotatable bonds is 3. The van der Waals surface area contributed by atoms with Crippen molar-refractivity contribution in [1.29, 1.82) is 0 Å². The second kappa shape index (κ2) is 5.19. The highest BCUT2D eigenvalue weighted by Crippen LogP contribution is 2.15. The average Bonchev–Trinajstić information content (AvgIpc) is 2.93. The topological polar surface area (TPSA) is 101 Å². The Kier molecular flexibility index (Phi) is 3.23. The van der Waals surface area contributed by atoms with Crippen molar-refractivity contribution in [2.75, 3.05) is 18.9 Å². The summed E-state index contributed by atoms with van der Waals surface area (Å²) in [5.41, 5.74) is 5.66. The first-order chi connectivity index (χ1) is 9.31. The van der Waals surface area contributed by atoms with E-state index in [0.717, 1.165) is 12.8 Å². The van der Waals surface area contributed by atoms with Crippen LogP contribution in [0.4, 0.5) is 5.95 Å². The molecule has 19 heavy (non-hydrogen) atoms. The van der Waals surface area contributed by atoms with Crippen LogP contribution in [0.1, 0.15) is 12.8 Å². The van der Waals surface area contributed by atoms with E-state index in [4.69, 9.17) is 15.2 Å². The summed E-state index contributed by atoms with van der Waals surface area (Å²) in [7, 11) is 0. The van der Waals surface area contributed by atoms with Gasteiger partial charge < -0.3 is 15.2 Å². The second-order valence-electron chi connectivity index (χ2n) is 4.16. The fourth-order valence-electron chi connectivity index (χ4n) is 1.85. The molecular formula is C11H14N6O2. The Morgan fingerprint density at radius 1 is 1.26 bits per heavy atom. The molecule has 2 aromatic heterocycles. The second-order valence-corrected chi connectivity index (χ2v) is 4.16. The van der Waals surface area contributed by atoms with E-state index in [9.17, 15) is 0 Å². The van der Waals surface area contributed by atoms with E-state index < -0.39 is 0 Å². The number of ether oxygens (including phenoxy) is 2. The molecule has 0 saturated carbocycles. The number of nitrogens with two attached hydrogens (primary N) is 1. The Hall–Kier alpha value is -2.22. The van der Waals surface area contributed by atoms with Gasteiger partial charge in [-0.1, -0.05) is 0 Å². The molecule has 1 aliphatic heterocycles. The van der Waals surface area contributed by atoms with Crippen LogP contribution in [0.5, 0.6) is 6.01 Å². The summed E-state index contributed by atoms with van der Waals surface area (Å²) >= 11 is 0. The van der Waals surface area contributed by atoms with Crippen LogP contribution in [-0.2, 0) is 4.74 Å². The van der Waals surface area contributed by atoms with E-state index in [0.29, 0.717) is 19.2 Å². The van der Waals surface area contributed by atoms with Crippen molar-refractivity contribution in [3.63, 3.8) is 0 Å². The highest BCUT2D eigenvalue weighted by molar-refractivity contribution is 5.24. The van der Waals surface area contributed by atoms with Gasteiger partial charge in [-0.05, 0) is 6.07 Å². The molecule has 3 rings (SSSR count). The molecule has 0 unspecified atom stereocenters. The fraction of sp³-hybridized carbons (Fsp3) is 0.455. The number of hydrogen-bond acceptors (Lipinski definition) is 7. The molecule has 1 saturated heterocycles. The summed E-state index contributed by atoms with van der Waals surface area (Å²) in [6.45, 7) is 1.38. The molecule has 3 heterocycles. The highest BCUT2D eigenvalue weighted by Gasteiger charge is 2.17. The number of anilines is 1. The Morgan fingerprint density at radius 3 is 2.84 bits per heavy atom. The summed E-state index contributed by atoms with van der Waals surface area (Å²) in [5, 5.41) is 4.05. The lowest BCUT2D eigenvalue weighted by molar-refractivity contribution is 0.0217. The molecule has 2 aromatic rings. The van der Waals surface area contributed by atoms with E-state index in [1.165, 1.54) is 4.68 Å². The van der Waals surface area contributed by atoms with Gasteiger partial charge in [0.05, 0.1) is 13.2 Å². The van der Waals surface area contributed by atoms with Crippen molar-refractivity contribution in [2.45, 2.75) is 18.9 Å². The molecule has 1 aliphatic rings. The van der Waals surface area contributed by atoms with Crippen molar-refractivity contribution < 1.29 is 9.47 Å². The first-order valence-electron chi connectivity index (χ1n) is 6.07. The molecule has 0 aliphatic carbocycles. The van der Waals surface area contributed by atoms with Gasteiger partial charge in [0.15, 0.2) is 0 Å². The van der Waals surface area contributed by atoms with E-state index in [-0.39, 0.29) is 18.1 Å². The van der Waals surface area contributed by atoms with Gasteiger partial charge in [-0.25, -0.2) is 4.68 Å². The molecular weight excluding hydrogens is 248 g/mol. The quantitative estimate of drug-likeness (QED) is 0.842. The molecule has 8 nitrogen and oxygen atoms in total. The molecule has 0 amide bonds. The predicted octanol–water partition coefficient (Wildman–Crippen LogP) is 0.197. The number of hydrogen-bond donors (Lipinski definition) is 1.